The average Bonchev–Trinajstić information content (AvgIpc) is 3.61. The average molecular weight is 567 g/mol. The van der Waals surface area contributed by atoms with E-state index in [1.165, 1.54) is 25.5 Å². The molecule has 6 nitrogen and oxygen atoms in total. The van der Waals surface area contributed by atoms with Crippen LogP contribution in [0.15, 0.2) is 40.0 Å². The van der Waals surface area contributed by atoms with E-state index in [1.54, 1.807) is 17.0 Å². The molecule has 3 fully saturated rings. The van der Waals surface area contributed by atoms with Crippen molar-refractivity contribution in [1.29, 1.82) is 5.26 Å². The molecule has 0 unspecified atom stereocenters. The number of fused-ring (bicyclic) bond motifs is 4. The van der Waals surface area contributed by atoms with Crippen LogP contribution in [0.25, 0.3) is 21.8 Å². The number of pyridine rings is 1. The van der Waals surface area contributed by atoms with Crippen LogP contribution in [0.5, 0.6) is 0 Å². The summed E-state index contributed by atoms with van der Waals surface area (Å²) in [5.41, 5.74) is 3.60. The van der Waals surface area contributed by atoms with Crippen LogP contribution in [0.2, 0.25) is 0 Å². The van der Waals surface area contributed by atoms with Gasteiger partial charge in [0.05, 0.1) is 34.0 Å². The second kappa shape index (κ2) is 9.00. The van der Waals surface area contributed by atoms with Gasteiger partial charge < -0.3 is 9.13 Å². The zero-order chi connectivity index (χ0) is 25.1. The van der Waals surface area contributed by atoms with E-state index in [4.69, 9.17) is 10.2 Å². The number of nitrogens with zero attached hydrogens (tertiary/aromatic N) is 5. The van der Waals surface area contributed by atoms with Gasteiger partial charge in [-0.25, -0.2) is 9.37 Å². The van der Waals surface area contributed by atoms with E-state index in [0.29, 0.717) is 46.5 Å². The summed E-state index contributed by atoms with van der Waals surface area (Å²) in [6, 6.07) is 6.34. The Morgan fingerprint density at radius 3 is 2.75 bits per heavy atom. The number of nitriles is 1. The molecule has 36 heavy (non-hydrogen) atoms. The lowest BCUT2D eigenvalue weighted by atomic mass is 9.78. The lowest BCUT2D eigenvalue weighted by molar-refractivity contribution is 0.164. The van der Waals surface area contributed by atoms with Crippen molar-refractivity contribution in [2.45, 2.75) is 56.9 Å². The first-order valence-electron chi connectivity index (χ1n) is 12.3. The van der Waals surface area contributed by atoms with Gasteiger partial charge in [0.2, 0.25) is 0 Å². The van der Waals surface area contributed by atoms with E-state index >= 15 is 4.39 Å². The Morgan fingerprint density at radius 2 is 2.08 bits per heavy atom. The Morgan fingerprint density at radius 1 is 1.31 bits per heavy atom. The third kappa shape index (κ3) is 3.45. The second-order valence-electron chi connectivity index (χ2n) is 9.96. The van der Waals surface area contributed by atoms with Crippen LogP contribution in [0.3, 0.4) is 0 Å². The van der Waals surface area contributed by atoms with Crippen molar-refractivity contribution >= 4 is 50.4 Å². The molecule has 0 amide bonds. The standard InChI is InChI=1S/C27H25BrFN5OS/c1-14(33-8-7-31-12-22(33)35)21-11-18-20(13-36)32-25-19(10-15(3-2-6-30)23(28)24(25)29)27(18)34(21)26-16-4-5-17(26)9-16/h7-8,10-12,14,16-17,26,36H,2-5,9,13H2,1H3/t14-,16-,17+,26-/m1/s1. The van der Waals surface area contributed by atoms with Crippen LogP contribution in [0.4, 0.5) is 4.39 Å². The summed E-state index contributed by atoms with van der Waals surface area (Å²) in [5.74, 6) is 1.11. The molecule has 4 atom stereocenters. The van der Waals surface area contributed by atoms with Gasteiger partial charge in [0.15, 0.2) is 5.82 Å². The number of hydrogen-bond acceptors (Lipinski definition) is 5. The summed E-state index contributed by atoms with van der Waals surface area (Å²) < 4.78 is 20.2. The Kier molecular flexibility index (Phi) is 5.92. The predicted molar refractivity (Wildman–Crippen MR) is 144 cm³/mol. The molecule has 7 rings (SSSR count). The Labute approximate surface area is 221 Å². The molecular weight excluding hydrogens is 541 g/mol. The summed E-state index contributed by atoms with van der Waals surface area (Å²) >= 11 is 7.97. The molecule has 0 saturated heterocycles. The molecule has 9 heteroatoms. The monoisotopic (exact) mass is 565 g/mol. The highest BCUT2D eigenvalue weighted by molar-refractivity contribution is 9.10. The fourth-order valence-electron chi connectivity index (χ4n) is 6.43. The van der Waals surface area contributed by atoms with Crippen molar-refractivity contribution in [3.8, 4) is 6.07 Å². The first-order chi connectivity index (χ1) is 17.4. The van der Waals surface area contributed by atoms with Crippen molar-refractivity contribution in [1.82, 2.24) is 19.1 Å². The molecule has 3 heterocycles. The van der Waals surface area contributed by atoms with Gasteiger partial charge >= 0.3 is 0 Å². The Bertz CT molecular complexity index is 1610. The second-order valence-corrected chi connectivity index (χ2v) is 11.1. The number of thiol groups is 1. The van der Waals surface area contributed by atoms with Crippen molar-refractivity contribution in [2.24, 2.45) is 11.8 Å². The van der Waals surface area contributed by atoms with Crippen LogP contribution < -0.4 is 5.56 Å². The van der Waals surface area contributed by atoms with E-state index in [9.17, 15) is 4.79 Å². The maximum Gasteiger partial charge on any atom is 0.269 e. The fourth-order valence-corrected chi connectivity index (χ4v) is 7.17. The van der Waals surface area contributed by atoms with Crippen LogP contribution in [0.1, 0.15) is 61.6 Å². The summed E-state index contributed by atoms with van der Waals surface area (Å²) in [6.07, 6.45) is 9.02. The minimum absolute atomic E-state index is 0.162. The third-order valence-corrected chi connectivity index (χ3v) is 9.32. The van der Waals surface area contributed by atoms with E-state index in [0.717, 1.165) is 33.2 Å². The molecule has 3 aliphatic carbocycles. The quantitative estimate of drug-likeness (QED) is 0.286. The molecular formula is C27H25BrFN5OS. The minimum Gasteiger partial charge on any atom is -0.338 e. The van der Waals surface area contributed by atoms with Crippen molar-refractivity contribution < 1.29 is 4.39 Å². The summed E-state index contributed by atoms with van der Waals surface area (Å²) in [6.45, 7) is 2.03. The zero-order valence-electron chi connectivity index (χ0n) is 19.8. The maximum absolute atomic E-state index is 15.7. The molecule has 0 N–H and O–H groups in total. The SMILES string of the molecule is C[C@H](c1cc2c(CS)nc3c(F)c(Br)c(CCC#N)cc3c2n1[C@@H]1[C@@H]2CC[C@H]1C2)n1ccncc1=O. The van der Waals surface area contributed by atoms with Gasteiger partial charge in [-0.2, -0.15) is 17.9 Å². The van der Waals surface area contributed by atoms with E-state index in [-0.39, 0.29) is 11.6 Å². The maximum atomic E-state index is 15.7. The molecule has 184 valence electrons. The highest BCUT2D eigenvalue weighted by Gasteiger charge is 2.49. The van der Waals surface area contributed by atoms with Gasteiger partial charge in [-0.3, -0.25) is 9.78 Å². The topological polar surface area (TPSA) is 76.5 Å². The van der Waals surface area contributed by atoms with Crippen molar-refractivity contribution in [3.63, 3.8) is 0 Å². The molecule has 2 bridgehead atoms. The number of halogens is 2. The number of benzene rings is 1. The Hall–Kier alpha value is -2.70. The summed E-state index contributed by atoms with van der Waals surface area (Å²) in [5, 5.41) is 10.8. The predicted octanol–water partition coefficient (Wildman–Crippen LogP) is 6.11. The molecule has 0 aliphatic heterocycles. The van der Waals surface area contributed by atoms with Crippen LogP contribution in [-0.4, -0.2) is 19.1 Å². The Balaban J connectivity index is 1.71. The van der Waals surface area contributed by atoms with E-state index in [2.05, 4.69) is 50.2 Å². The molecule has 4 aromatic rings. The van der Waals surface area contributed by atoms with E-state index < -0.39 is 5.82 Å². The lowest BCUT2D eigenvalue weighted by Gasteiger charge is -2.39. The van der Waals surface area contributed by atoms with E-state index in [1.807, 2.05) is 13.0 Å². The molecule has 3 aromatic heterocycles. The van der Waals surface area contributed by atoms with Crippen molar-refractivity contribution in [3.05, 3.63) is 68.3 Å². The van der Waals surface area contributed by atoms with Crippen LogP contribution in [0, 0.1) is 29.0 Å². The molecule has 3 aliphatic rings. The number of hydrogen-bond donors (Lipinski definition) is 1. The first kappa shape index (κ1) is 23.7. The highest BCUT2D eigenvalue weighted by Crippen LogP contribution is 2.58. The minimum atomic E-state index is -0.408. The first-order valence-corrected chi connectivity index (χ1v) is 13.7. The third-order valence-electron chi connectivity index (χ3n) is 8.17. The molecule has 0 radical (unpaired) electrons. The fraction of sp³-hybridized carbons (Fsp3) is 0.407. The van der Waals surface area contributed by atoms with Gasteiger partial charge in [-0.1, -0.05) is 0 Å². The van der Waals surface area contributed by atoms with Gasteiger partial charge in [-0.05, 0) is 78.1 Å². The van der Waals surface area contributed by atoms with Crippen LogP contribution >= 0.6 is 28.6 Å². The smallest absolute Gasteiger partial charge is 0.269 e. The van der Waals surface area contributed by atoms with Crippen molar-refractivity contribution in [2.75, 3.05) is 0 Å². The van der Waals surface area contributed by atoms with Gasteiger partial charge in [0, 0.05) is 47.1 Å². The number of aromatic nitrogens is 4. The summed E-state index contributed by atoms with van der Waals surface area (Å²) in [4.78, 5) is 21.4. The summed E-state index contributed by atoms with van der Waals surface area (Å²) in [7, 11) is 0. The largest absolute Gasteiger partial charge is 0.338 e. The lowest BCUT2D eigenvalue weighted by Crippen LogP contribution is -2.33. The number of aryl methyl sites for hydroxylation is 1. The number of rotatable bonds is 6. The van der Waals surface area contributed by atoms with Gasteiger partial charge in [-0.15, -0.1) is 0 Å². The van der Waals surface area contributed by atoms with Gasteiger partial charge in [0.25, 0.3) is 5.56 Å². The molecule has 3 saturated carbocycles. The zero-order valence-corrected chi connectivity index (χ0v) is 22.3. The molecule has 1 aromatic carbocycles. The highest BCUT2D eigenvalue weighted by atomic mass is 79.9. The van der Waals surface area contributed by atoms with Gasteiger partial charge in [0.1, 0.15) is 5.52 Å². The molecule has 0 spiro atoms. The van der Waals surface area contributed by atoms with Crippen LogP contribution in [-0.2, 0) is 12.2 Å². The normalized spacial score (nSPS) is 21.6.